The number of Topliss-reactive ketones (excluding diaryl/α,β-unsaturated/α-hetero) is 1. The number of hydrogen-bond acceptors (Lipinski definition) is 3. The van der Waals surface area contributed by atoms with Crippen LogP contribution in [0.1, 0.15) is 15.9 Å². The van der Waals surface area contributed by atoms with Gasteiger partial charge in [0.1, 0.15) is 0 Å². The number of nitrogens with one attached hydrogen (secondary N) is 1. The van der Waals surface area contributed by atoms with Gasteiger partial charge in [-0.1, -0.05) is 5.92 Å². The third kappa shape index (κ3) is 3.00. The van der Waals surface area contributed by atoms with Gasteiger partial charge in [0.25, 0.3) is 0 Å². The van der Waals surface area contributed by atoms with Crippen LogP contribution in [0.5, 0.6) is 0 Å². The van der Waals surface area contributed by atoms with Crippen molar-refractivity contribution in [1.29, 1.82) is 0 Å². The molecule has 0 atom stereocenters. The Morgan fingerprint density at radius 3 is 3.07 bits per heavy atom. The molecule has 0 aliphatic rings. The minimum absolute atomic E-state index is 0.0106. The molecule has 1 aromatic heterocycles. The van der Waals surface area contributed by atoms with Crippen molar-refractivity contribution in [3.8, 4) is 12.3 Å². The van der Waals surface area contributed by atoms with Gasteiger partial charge in [-0.05, 0) is 18.6 Å². The SMILES string of the molecule is C#CCNCC(=O)c1cncc(C)c1. The number of pyridine rings is 1. The van der Waals surface area contributed by atoms with Gasteiger partial charge in [0, 0.05) is 18.0 Å². The predicted molar refractivity (Wildman–Crippen MR) is 55.0 cm³/mol. The third-order valence-electron chi connectivity index (χ3n) is 1.71. The van der Waals surface area contributed by atoms with Gasteiger partial charge in [-0.3, -0.25) is 15.1 Å². The molecule has 0 bridgehead atoms. The molecule has 3 heteroatoms. The molecule has 1 heterocycles. The summed E-state index contributed by atoms with van der Waals surface area (Å²) in [5.41, 5.74) is 1.60. The topological polar surface area (TPSA) is 42.0 Å². The van der Waals surface area contributed by atoms with E-state index in [4.69, 9.17) is 6.42 Å². The summed E-state index contributed by atoms with van der Waals surface area (Å²) in [6.07, 6.45) is 8.32. The van der Waals surface area contributed by atoms with Crippen molar-refractivity contribution in [1.82, 2.24) is 10.3 Å². The third-order valence-corrected chi connectivity index (χ3v) is 1.71. The lowest BCUT2D eigenvalue weighted by molar-refractivity contribution is 0.0992. The first kappa shape index (κ1) is 10.4. The van der Waals surface area contributed by atoms with E-state index in [1.807, 2.05) is 13.0 Å². The van der Waals surface area contributed by atoms with Crippen molar-refractivity contribution < 1.29 is 4.79 Å². The second-order valence-electron chi connectivity index (χ2n) is 2.98. The van der Waals surface area contributed by atoms with E-state index in [9.17, 15) is 4.79 Å². The lowest BCUT2D eigenvalue weighted by Gasteiger charge is -2.01. The Bertz CT molecular complexity index is 366. The van der Waals surface area contributed by atoms with E-state index >= 15 is 0 Å². The molecule has 0 amide bonds. The first-order chi connectivity index (χ1) is 6.74. The molecule has 1 rings (SSSR count). The normalized spacial score (nSPS) is 9.43. The molecule has 0 unspecified atom stereocenters. The van der Waals surface area contributed by atoms with E-state index in [2.05, 4.69) is 16.2 Å². The first-order valence-corrected chi connectivity index (χ1v) is 4.33. The first-order valence-electron chi connectivity index (χ1n) is 4.33. The zero-order valence-corrected chi connectivity index (χ0v) is 8.08. The van der Waals surface area contributed by atoms with E-state index in [0.717, 1.165) is 5.56 Å². The molecule has 14 heavy (non-hydrogen) atoms. The molecule has 0 saturated heterocycles. The largest absolute Gasteiger partial charge is 0.299 e. The highest BCUT2D eigenvalue weighted by Gasteiger charge is 2.04. The van der Waals surface area contributed by atoms with E-state index in [1.165, 1.54) is 0 Å². The molecule has 0 aromatic carbocycles. The Morgan fingerprint density at radius 1 is 1.64 bits per heavy atom. The van der Waals surface area contributed by atoms with Gasteiger partial charge in [0.2, 0.25) is 0 Å². The van der Waals surface area contributed by atoms with Crippen LogP contribution < -0.4 is 5.32 Å². The Hall–Kier alpha value is -1.66. The van der Waals surface area contributed by atoms with E-state index in [-0.39, 0.29) is 12.3 Å². The van der Waals surface area contributed by atoms with Crippen LogP contribution >= 0.6 is 0 Å². The average molecular weight is 188 g/mol. The number of rotatable bonds is 4. The summed E-state index contributed by atoms with van der Waals surface area (Å²) in [6.45, 7) is 2.57. The Labute approximate surface area is 83.6 Å². The molecule has 0 fully saturated rings. The Balaban J connectivity index is 2.57. The van der Waals surface area contributed by atoms with Crippen LogP contribution in [0.3, 0.4) is 0 Å². The molecule has 0 spiro atoms. The molecule has 0 radical (unpaired) electrons. The highest BCUT2D eigenvalue weighted by molar-refractivity contribution is 5.97. The monoisotopic (exact) mass is 188 g/mol. The van der Waals surface area contributed by atoms with E-state index in [1.54, 1.807) is 12.4 Å². The molecule has 0 aliphatic carbocycles. The van der Waals surface area contributed by atoms with Crippen molar-refractivity contribution >= 4 is 5.78 Å². The molecular formula is C11H12N2O. The number of aromatic nitrogens is 1. The second kappa shape index (κ2) is 5.15. The van der Waals surface area contributed by atoms with Crippen molar-refractivity contribution in [2.24, 2.45) is 0 Å². The molecule has 3 nitrogen and oxygen atoms in total. The lowest BCUT2D eigenvalue weighted by Crippen LogP contribution is -2.23. The van der Waals surface area contributed by atoms with Crippen LogP contribution in [-0.2, 0) is 0 Å². The maximum atomic E-state index is 11.5. The average Bonchev–Trinajstić information content (AvgIpc) is 2.18. The van der Waals surface area contributed by atoms with Crippen LogP contribution in [0, 0.1) is 19.3 Å². The standard InChI is InChI=1S/C11H12N2O/c1-3-4-12-8-11(14)10-5-9(2)6-13-7-10/h1,5-7,12H,4,8H2,2H3. The molecule has 1 aromatic rings. The maximum Gasteiger partial charge on any atom is 0.178 e. The van der Waals surface area contributed by atoms with Gasteiger partial charge in [-0.15, -0.1) is 6.42 Å². The highest BCUT2D eigenvalue weighted by Crippen LogP contribution is 2.01. The Kier molecular flexibility index (Phi) is 3.84. The van der Waals surface area contributed by atoms with Crippen LogP contribution in [0.2, 0.25) is 0 Å². The summed E-state index contributed by atoms with van der Waals surface area (Å²) in [4.78, 5) is 15.4. The number of carbonyl (C=O) groups excluding carboxylic acids is 1. The van der Waals surface area contributed by atoms with Gasteiger partial charge < -0.3 is 0 Å². The summed E-state index contributed by atoms with van der Waals surface area (Å²) < 4.78 is 0. The van der Waals surface area contributed by atoms with E-state index in [0.29, 0.717) is 12.1 Å². The summed E-state index contributed by atoms with van der Waals surface area (Å²) in [5.74, 6) is 2.42. The molecule has 0 saturated carbocycles. The van der Waals surface area contributed by atoms with Crippen molar-refractivity contribution in [3.05, 3.63) is 29.6 Å². The fourth-order valence-corrected chi connectivity index (χ4v) is 1.06. The summed E-state index contributed by atoms with van der Waals surface area (Å²) in [7, 11) is 0. The van der Waals surface area contributed by atoms with E-state index < -0.39 is 0 Å². The fraction of sp³-hybridized carbons (Fsp3) is 0.273. The van der Waals surface area contributed by atoms with Crippen LogP contribution in [0.15, 0.2) is 18.5 Å². The van der Waals surface area contributed by atoms with Gasteiger partial charge in [-0.25, -0.2) is 0 Å². The smallest absolute Gasteiger partial charge is 0.178 e. The fourth-order valence-electron chi connectivity index (χ4n) is 1.06. The molecular weight excluding hydrogens is 176 g/mol. The number of ketones is 1. The van der Waals surface area contributed by atoms with Gasteiger partial charge in [0.15, 0.2) is 5.78 Å². The summed E-state index contributed by atoms with van der Waals surface area (Å²) in [5, 5.41) is 2.84. The molecule has 72 valence electrons. The molecule has 0 aliphatic heterocycles. The second-order valence-corrected chi connectivity index (χ2v) is 2.98. The number of terminal acetylenes is 1. The van der Waals surface area contributed by atoms with Crippen LogP contribution in [-0.4, -0.2) is 23.9 Å². The summed E-state index contributed by atoms with van der Waals surface area (Å²) >= 11 is 0. The number of aryl methyl sites for hydroxylation is 1. The lowest BCUT2D eigenvalue weighted by atomic mass is 10.1. The minimum atomic E-state index is 0.0106. The van der Waals surface area contributed by atoms with Gasteiger partial charge in [-0.2, -0.15) is 0 Å². The van der Waals surface area contributed by atoms with Crippen LogP contribution in [0.25, 0.3) is 0 Å². The van der Waals surface area contributed by atoms with Crippen LogP contribution in [0.4, 0.5) is 0 Å². The highest BCUT2D eigenvalue weighted by atomic mass is 16.1. The minimum Gasteiger partial charge on any atom is -0.299 e. The Morgan fingerprint density at radius 2 is 2.43 bits per heavy atom. The zero-order chi connectivity index (χ0) is 10.4. The van der Waals surface area contributed by atoms with Gasteiger partial charge in [0.05, 0.1) is 13.1 Å². The number of nitrogens with zero attached hydrogens (tertiary/aromatic N) is 1. The quantitative estimate of drug-likeness (QED) is 0.431. The number of hydrogen-bond donors (Lipinski definition) is 1. The number of carbonyl (C=O) groups is 1. The van der Waals surface area contributed by atoms with Crippen molar-refractivity contribution in [2.45, 2.75) is 6.92 Å². The zero-order valence-electron chi connectivity index (χ0n) is 8.08. The van der Waals surface area contributed by atoms with Crippen molar-refractivity contribution in [3.63, 3.8) is 0 Å². The predicted octanol–water partition coefficient (Wildman–Crippen LogP) is 0.796. The van der Waals surface area contributed by atoms with Crippen molar-refractivity contribution in [2.75, 3.05) is 13.1 Å². The van der Waals surface area contributed by atoms with Gasteiger partial charge >= 0.3 is 0 Å². The maximum absolute atomic E-state index is 11.5. The summed E-state index contributed by atoms with van der Waals surface area (Å²) in [6, 6.07) is 1.81. The molecule has 1 N–H and O–H groups in total.